The van der Waals surface area contributed by atoms with Gasteiger partial charge in [0.1, 0.15) is 5.76 Å². The van der Waals surface area contributed by atoms with Crippen LogP contribution in [-0.4, -0.2) is 11.9 Å². The highest BCUT2D eigenvalue weighted by Gasteiger charge is 2.01. The third-order valence-corrected chi connectivity index (χ3v) is 1.19. The van der Waals surface area contributed by atoms with Gasteiger partial charge < -0.3 is 10.1 Å². The first-order chi connectivity index (χ1) is 5.43. The molecule has 0 unspecified atom stereocenters. The zero-order valence-electron chi connectivity index (χ0n) is 7.72. The van der Waals surface area contributed by atoms with Gasteiger partial charge in [-0.15, -0.1) is 0 Å². The minimum absolute atomic E-state index is 0.181. The number of rotatable bonds is 2. The Labute approximate surface area is 71.6 Å². The summed E-state index contributed by atoms with van der Waals surface area (Å²) in [5, 5.41) is 2.51. The molecule has 0 aliphatic rings. The predicted octanol–water partition coefficient (Wildman–Crippen LogP) is 0.937. The zero-order valence-corrected chi connectivity index (χ0v) is 7.72. The highest BCUT2D eigenvalue weighted by molar-refractivity contribution is 5.75. The number of allylic oxidation sites excluding steroid dienone is 2. The van der Waals surface area contributed by atoms with Crippen LogP contribution < -0.4 is 5.32 Å². The lowest BCUT2D eigenvalue weighted by atomic mass is 10.4. The monoisotopic (exact) mass is 171 g/mol. The molecule has 0 aromatic carbocycles. The Kier molecular flexibility index (Phi) is 4.04. The van der Waals surface area contributed by atoms with Gasteiger partial charge in [0, 0.05) is 13.8 Å². The van der Waals surface area contributed by atoms with Gasteiger partial charge in [0.05, 0.1) is 5.70 Å². The van der Waals surface area contributed by atoms with Gasteiger partial charge in [-0.3, -0.25) is 9.59 Å². The number of esters is 1. The van der Waals surface area contributed by atoms with E-state index in [9.17, 15) is 9.59 Å². The number of nitrogens with one attached hydrogen (secondary N) is 1. The van der Waals surface area contributed by atoms with Gasteiger partial charge in [-0.1, -0.05) is 0 Å². The standard InChI is InChI=1S/C8H13NO3/c1-5(9-7(3)10)6(2)12-8(4)11/h1-4H3,(H,9,10)/b6-5-. The fourth-order valence-electron chi connectivity index (χ4n) is 0.644. The molecule has 0 aromatic rings. The minimum atomic E-state index is -0.391. The minimum Gasteiger partial charge on any atom is -0.430 e. The van der Waals surface area contributed by atoms with E-state index >= 15 is 0 Å². The van der Waals surface area contributed by atoms with E-state index in [2.05, 4.69) is 5.32 Å². The van der Waals surface area contributed by atoms with Crippen LogP contribution in [0.4, 0.5) is 0 Å². The second-order valence-corrected chi connectivity index (χ2v) is 2.46. The fraction of sp³-hybridized carbons (Fsp3) is 0.500. The summed E-state index contributed by atoms with van der Waals surface area (Å²) in [6.45, 7) is 5.99. The third-order valence-electron chi connectivity index (χ3n) is 1.19. The first kappa shape index (κ1) is 10.7. The molecule has 0 heterocycles. The maximum atomic E-state index is 10.6. The van der Waals surface area contributed by atoms with Crippen LogP contribution in [0.25, 0.3) is 0 Å². The van der Waals surface area contributed by atoms with Crippen molar-refractivity contribution in [2.24, 2.45) is 0 Å². The van der Waals surface area contributed by atoms with Crippen molar-refractivity contribution in [2.45, 2.75) is 27.7 Å². The van der Waals surface area contributed by atoms with Crippen LogP contribution in [0.2, 0.25) is 0 Å². The van der Waals surface area contributed by atoms with Crippen molar-refractivity contribution in [3.8, 4) is 0 Å². The quantitative estimate of drug-likeness (QED) is 0.497. The van der Waals surface area contributed by atoms with Crippen molar-refractivity contribution >= 4 is 11.9 Å². The Morgan fingerprint density at radius 2 is 1.58 bits per heavy atom. The molecular formula is C8H13NO3. The van der Waals surface area contributed by atoms with Crippen LogP contribution in [0.1, 0.15) is 27.7 Å². The van der Waals surface area contributed by atoms with Crippen LogP contribution in [0.15, 0.2) is 11.5 Å². The summed E-state index contributed by atoms with van der Waals surface area (Å²) in [5.41, 5.74) is 0.553. The maximum Gasteiger partial charge on any atom is 0.307 e. The first-order valence-corrected chi connectivity index (χ1v) is 3.57. The maximum absolute atomic E-state index is 10.6. The summed E-state index contributed by atoms with van der Waals surface area (Å²) in [5.74, 6) is -0.158. The summed E-state index contributed by atoms with van der Waals surface area (Å²) in [6, 6.07) is 0. The molecule has 0 atom stereocenters. The van der Waals surface area contributed by atoms with E-state index in [1.807, 2.05) is 0 Å². The molecule has 1 amide bonds. The van der Waals surface area contributed by atoms with Crippen LogP contribution in [0.3, 0.4) is 0 Å². The second-order valence-electron chi connectivity index (χ2n) is 2.46. The average molecular weight is 171 g/mol. The Bertz CT molecular complexity index is 206. The molecular weight excluding hydrogens is 158 g/mol. The number of carbonyl (C=O) groups is 2. The molecule has 4 nitrogen and oxygen atoms in total. The molecule has 0 fully saturated rings. The molecule has 68 valence electrons. The number of carbonyl (C=O) groups excluding carboxylic acids is 2. The molecule has 4 heteroatoms. The Morgan fingerprint density at radius 3 is 1.92 bits per heavy atom. The molecule has 0 spiro atoms. The summed E-state index contributed by atoms with van der Waals surface area (Å²) >= 11 is 0. The number of hydrogen-bond donors (Lipinski definition) is 1. The van der Waals surface area contributed by atoms with E-state index < -0.39 is 5.97 Å². The molecule has 0 saturated carbocycles. The van der Waals surface area contributed by atoms with Gasteiger partial charge >= 0.3 is 5.97 Å². The molecule has 0 bridgehead atoms. The molecule has 0 radical (unpaired) electrons. The van der Waals surface area contributed by atoms with E-state index in [1.54, 1.807) is 13.8 Å². The van der Waals surface area contributed by atoms with Gasteiger partial charge in [0.25, 0.3) is 0 Å². The van der Waals surface area contributed by atoms with Crippen molar-refractivity contribution in [1.82, 2.24) is 5.32 Å². The van der Waals surface area contributed by atoms with Gasteiger partial charge in [0.15, 0.2) is 0 Å². The molecule has 0 aromatic heterocycles. The normalized spacial score (nSPS) is 11.7. The molecule has 0 aliphatic carbocycles. The lowest BCUT2D eigenvalue weighted by Gasteiger charge is -2.06. The number of ether oxygens (including phenoxy) is 1. The van der Waals surface area contributed by atoms with Gasteiger partial charge in [-0.05, 0) is 13.8 Å². The van der Waals surface area contributed by atoms with E-state index in [-0.39, 0.29) is 5.91 Å². The van der Waals surface area contributed by atoms with E-state index in [4.69, 9.17) is 4.74 Å². The van der Waals surface area contributed by atoms with E-state index in [0.717, 1.165) is 0 Å². The summed E-state index contributed by atoms with van der Waals surface area (Å²) in [6.07, 6.45) is 0. The topological polar surface area (TPSA) is 55.4 Å². The number of hydrogen-bond acceptors (Lipinski definition) is 3. The predicted molar refractivity (Wildman–Crippen MR) is 44.0 cm³/mol. The lowest BCUT2D eigenvalue weighted by Crippen LogP contribution is -2.19. The van der Waals surface area contributed by atoms with Crippen LogP contribution in [-0.2, 0) is 14.3 Å². The molecule has 0 aliphatic heterocycles. The van der Waals surface area contributed by atoms with Crippen LogP contribution >= 0.6 is 0 Å². The van der Waals surface area contributed by atoms with Crippen molar-refractivity contribution < 1.29 is 14.3 Å². The summed E-state index contributed by atoms with van der Waals surface area (Å²) in [7, 11) is 0. The van der Waals surface area contributed by atoms with Crippen LogP contribution in [0, 0.1) is 0 Å². The zero-order chi connectivity index (χ0) is 9.72. The lowest BCUT2D eigenvalue weighted by molar-refractivity contribution is -0.137. The number of amides is 1. The van der Waals surface area contributed by atoms with E-state index in [1.165, 1.54) is 13.8 Å². The van der Waals surface area contributed by atoms with Crippen molar-refractivity contribution in [2.75, 3.05) is 0 Å². The Balaban J connectivity index is 4.25. The molecule has 12 heavy (non-hydrogen) atoms. The first-order valence-electron chi connectivity index (χ1n) is 3.57. The second kappa shape index (κ2) is 4.54. The largest absolute Gasteiger partial charge is 0.430 e. The van der Waals surface area contributed by atoms with Gasteiger partial charge in [-0.2, -0.15) is 0 Å². The fourth-order valence-corrected chi connectivity index (χ4v) is 0.644. The Hall–Kier alpha value is -1.32. The summed E-state index contributed by atoms with van der Waals surface area (Å²) in [4.78, 5) is 21.0. The highest BCUT2D eigenvalue weighted by atomic mass is 16.5. The van der Waals surface area contributed by atoms with Gasteiger partial charge in [0.2, 0.25) is 5.91 Å². The average Bonchev–Trinajstić information content (AvgIpc) is 1.84. The van der Waals surface area contributed by atoms with Crippen LogP contribution in [0.5, 0.6) is 0 Å². The molecule has 0 rings (SSSR count). The Morgan fingerprint density at radius 1 is 1.08 bits per heavy atom. The van der Waals surface area contributed by atoms with E-state index in [0.29, 0.717) is 11.5 Å². The smallest absolute Gasteiger partial charge is 0.307 e. The SMILES string of the molecule is CC(=O)N/C(C)=C(/C)OC(C)=O. The third kappa shape index (κ3) is 4.49. The molecule has 0 saturated heterocycles. The van der Waals surface area contributed by atoms with Crippen molar-refractivity contribution in [1.29, 1.82) is 0 Å². The van der Waals surface area contributed by atoms with Crippen molar-refractivity contribution in [3.63, 3.8) is 0 Å². The van der Waals surface area contributed by atoms with Gasteiger partial charge in [-0.25, -0.2) is 0 Å². The van der Waals surface area contributed by atoms with Crippen molar-refractivity contribution in [3.05, 3.63) is 11.5 Å². The molecule has 1 N–H and O–H groups in total. The summed E-state index contributed by atoms with van der Waals surface area (Å²) < 4.78 is 4.74. The highest BCUT2D eigenvalue weighted by Crippen LogP contribution is 2.01.